The first-order valence-corrected chi connectivity index (χ1v) is 7.97. The molecular formula is C15H15NO4S. The van der Waals surface area contributed by atoms with Crippen molar-refractivity contribution in [3.8, 4) is 0 Å². The second-order valence-electron chi connectivity index (χ2n) is 4.50. The van der Waals surface area contributed by atoms with Crippen LogP contribution in [0.5, 0.6) is 0 Å². The lowest BCUT2D eigenvalue weighted by atomic mass is 10.0. The Morgan fingerprint density at radius 1 is 0.952 bits per heavy atom. The fourth-order valence-corrected chi connectivity index (χ4v) is 2.31. The molecule has 2 rings (SSSR count). The second kappa shape index (κ2) is 6.51. The van der Waals surface area contributed by atoms with Gasteiger partial charge in [-0.15, -0.1) is 0 Å². The van der Waals surface area contributed by atoms with Crippen LogP contribution in [0.15, 0.2) is 60.7 Å². The Morgan fingerprint density at radius 3 is 1.76 bits per heavy atom. The van der Waals surface area contributed by atoms with Gasteiger partial charge in [-0.05, 0) is 11.1 Å². The molecule has 0 saturated heterocycles. The molecule has 21 heavy (non-hydrogen) atoms. The quantitative estimate of drug-likeness (QED) is 0.850. The average molecular weight is 305 g/mol. The fourth-order valence-electron chi connectivity index (χ4n) is 1.91. The Labute approximate surface area is 123 Å². The molecule has 5 nitrogen and oxygen atoms in total. The summed E-state index contributed by atoms with van der Waals surface area (Å²) in [4.78, 5) is 11.7. The monoisotopic (exact) mass is 305 g/mol. The van der Waals surface area contributed by atoms with E-state index in [1.165, 1.54) is 0 Å². The van der Waals surface area contributed by atoms with Gasteiger partial charge in [0.2, 0.25) is 10.0 Å². The predicted octanol–water partition coefficient (Wildman–Crippen LogP) is 1.61. The number of primary sulfonamides is 1. The number of hydrogen-bond donors (Lipinski definition) is 1. The zero-order valence-corrected chi connectivity index (χ0v) is 12.0. The van der Waals surface area contributed by atoms with Crippen LogP contribution in [0.25, 0.3) is 0 Å². The summed E-state index contributed by atoms with van der Waals surface area (Å²) in [6, 6.07) is 18.2. The minimum absolute atomic E-state index is 0.665. The van der Waals surface area contributed by atoms with E-state index in [9.17, 15) is 13.2 Å². The lowest BCUT2D eigenvalue weighted by Crippen LogP contribution is -2.26. The summed E-state index contributed by atoms with van der Waals surface area (Å²) < 4.78 is 27.2. The van der Waals surface area contributed by atoms with Crippen LogP contribution in [-0.2, 0) is 19.6 Å². The molecule has 0 fully saturated rings. The summed E-state index contributed by atoms with van der Waals surface area (Å²) in [7, 11) is -3.91. The molecule has 110 valence electrons. The topological polar surface area (TPSA) is 86.5 Å². The summed E-state index contributed by atoms with van der Waals surface area (Å²) in [5.41, 5.74) is 1.51. The summed E-state index contributed by atoms with van der Waals surface area (Å²) in [6.07, 6.45) is -0.665. The third-order valence-electron chi connectivity index (χ3n) is 2.77. The molecule has 0 bridgehead atoms. The molecule has 0 heterocycles. The van der Waals surface area contributed by atoms with E-state index in [0.717, 1.165) is 11.1 Å². The van der Waals surface area contributed by atoms with Crippen molar-refractivity contribution in [3.05, 3.63) is 71.8 Å². The minimum Gasteiger partial charge on any atom is -0.452 e. The molecule has 0 spiro atoms. The molecule has 0 aliphatic rings. The third-order valence-corrected chi connectivity index (χ3v) is 3.41. The number of carbonyl (C=O) groups excluding carboxylic acids is 1. The van der Waals surface area contributed by atoms with Gasteiger partial charge in [0, 0.05) is 0 Å². The summed E-state index contributed by atoms with van der Waals surface area (Å²) >= 11 is 0. The predicted molar refractivity (Wildman–Crippen MR) is 78.8 cm³/mol. The Morgan fingerprint density at radius 2 is 1.38 bits per heavy atom. The molecule has 6 heteroatoms. The molecule has 0 saturated carbocycles. The maximum atomic E-state index is 11.7. The SMILES string of the molecule is NS(=O)(=O)CC(=O)OC(c1ccccc1)c1ccccc1. The maximum absolute atomic E-state index is 11.7. The Bertz CT molecular complexity index is 659. The third kappa shape index (κ3) is 4.70. The van der Waals surface area contributed by atoms with Crippen molar-refractivity contribution in [2.45, 2.75) is 6.10 Å². The number of sulfonamides is 1. The van der Waals surface area contributed by atoms with Crippen molar-refractivity contribution >= 4 is 16.0 Å². The van der Waals surface area contributed by atoms with E-state index in [4.69, 9.17) is 9.88 Å². The number of nitrogens with two attached hydrogens (primary N) is 1. The molecule has 2 aromatic carbocycles. The van der Waals surface area contributed by atoms with Crippen LogP contribution in [0.2, 0.25) is 0 Å². The first-order valence-electron chi connectivity index (χ1n) is 6.25. The summed E-state index contributed by atoms with van der Waals surface area (Å²) in [6.45, 7) is 0. The lowest BCUT2D eigenvalue weighted by Gasteiger charge is -2.18. The van der Waals surface area contributed by atoms with E-state index >= 15 is 0 Å². The molecule has 0 aromatic heterocycles. The van der Waals surface area contributed by atoms with Crippen molar-refractivity contribution in [1.29, 1.82) is 0 Å². The fraction of sp³-hybridized carbons (Fsp3) is 0.133. The zero-order valence-electron chi connectivity index (χ0n) is 11.2. The maximum Gasteiger partial charge on any atom is 0.323 e. The van der Waals surface area contributed by atoms with Crippen LogP contribution in [0.3, 0.4) is 0 Å². The van der Waals surface area contributed by atoms with Gasteiger partial charge < -0.3 is 4.74 Å². The van der Waals surface area contributed by atoms with E-state index < -0.39 is 27.8 Å². The van der Waals surface area contributed by atoms with Crippen molar-refractivity contribution in [2.75, 3.05) is 5.75 Å². The molecule has 0 atom stereocenters. The number of rotatable bonds is 5. The standard InChI is InChI=1S/C15H15NO4S/c16-21(18,19)11-14(17)20-15(12-7-3-1-4-8-12)13-9-5-2-6-10-13/h1-10,15H,11H2,(H2,16,18,19). The smallest absolute Gasteiger partial charge is 0.323 e. The highest BCUT2D eigenvalue weighted by Crippen LogP contribution is 2.25. The van der Waals surface area contributed by atoms with E-state index in [1.807, 2.05) is 60.7 Å². The van der Waals surface area contributed by atoms with Gasteiger partial charge in [-0.3, -0.25) is 4.79 Å². The van der Waals surface area contributed by atoms with Gasteiger partial charge in [-0.25, -0.2) is 13.6 Å². The first-order chi connectivity index (χ1) is 9.96. The van der Waals surface area contributed by atoms with Crippen LogP contribution in [0.1, 0.15) is 17.2 Å². The Balaban J connectivity index is 2.28. The molecule has 0 aliphatic carbocycles. The zero-order chi connectivity index (χ0) is 15.3. The van der Waals surface area contributed by atoms with Gasteiger partial charge in [0.1, 0.15) is 0 Å². The van der Waals surface area contributed by atoms with Gasteiger partial charge in [-0.1, -0.05) is 60.7 Å². The van der Waals surface area contributed by atoms with Crippen molar-refractivity contribution in [1.82, 2.24) is 0 Å². The highest BCUT2D eigenvalue weighted by atomic mass is 32.2. The van der Waals surface area contributed by atoms with Crippen LogP contribution in [0.4, 0.5) is 0 Å². The summed E-state index contributed by atoms with van der Waals surface area (Å²) in [5.74, 6) is -1.72. The number of carbonyl (C=O) groups is 1. The van der Waals surface area contributed by atoms with Gasteiger partial charge in [-0.2, -0.15) is 0 Å². The molecular weight excluding hydrogens is 290 g/mol. The summed E-state index contributed by atoms with van der Waals surface area (Å²) in [5, 5.41) is 4.86. The van der Waals surface area contributed by atoms with E-state index in [1.54, 1.807) is 0 Å². The number of benzene rings is 2. The largest absolute Gasteiger partial charge is 0.452 e. The molecule has 0 radical (unpaired) electrons. The highest BCUT2D eigenvalue weighted by molar-refractivity contribution is 7.89. The minimum atomic E-state index is -3.91. The Hall–Kier alpha value is -2.18. The molecule has 2 aromatic rings. The van der Waals surface area contributed by atoms with Crippen LogP contribution in [-0.4, -0.2) is 20.1 Å². The normalized spacial score (nSPS) is 11.3. The number of hydrogen-bond acceptors (Lipinski definition) is 4. The average Bonchev–Trinajstić information content (AvgIpc) is 2.45. The van der Waals surface area contributed by atoms with Crippen molar-refractivity contribution in [3.63, 3.8) is 0 Å². The number of ether oxygens (including phenoxy) is 1. The molecule has 2 N–H and O–H groups in total. The molecule has 0 aliphatic heterocycles. The second-order valence-corrected chi connectivity index (χ2v) is 6.11. The van der Waals surface area contributed by atoms with Gasteiger partial charge in [0.15, 0.2) is 11.9 Å². The van der Waals surface area contributed by atoms with Gasteiger partial charge >= 0.3 is 5.97 Å². The van der Waals surface area contributed by atoms with Crippen LogP contribution in [0, 0.1) is 0 Å². The molecule has 0 unspecified atom stereocenters. The van der Waals surface area contributed by atoms with E-state index in [2.05, 4.69) is 0 Å². The first kappa shape index (κ1) is 15.2. The van der Waals surface area contributed by atoms with Crippen LogP contribution >= 0.6 is 0 Å². The lowest BCUT2D eigenvalue weighted by molar-refractivity contribution is -0.144. The van der Waals surface area contributed by atoms with E-state index in [-0.39, 0.29) is 0 Å². The molecule has 0 amide bonds. The number of esters is 1. The van der Waals surface area contributed by atoms with Crippen LogP contribution < -0.4 is 5.14 Å². The highest BCUT2D eigenvalue weighted by Gasteiger charge is 2.21. The van der Waals surface area contributed by atoms with Gasteiger partial charge in [0.05, 0.1) is 0 Å². The van der Waals surface area contributed by atoms with E-state index in [0.29, 0.717) is 0 Å². The van der Waals surface area contributed by atoms with Crippen molar-refractivity contribution < 1.29 is 17.9 Å². The Kier molecular flexibility index (Phi) is 4.72. The van der Waals surface area contributed by atoms with Crippen molar-refractivity contribution in [2.24, 2.45) is 5.14 Å². The van der Waals surface area contributed by atoms with Gasteiger partial charge in [0.25, 0.3) is 0 Å².